The molecule has 0 spiro atoms. The second-order valence-electron chi connectivity index (χ2n) is 4.95. The van der Waals surface area contributed by atoms with Gasteiger partial charge in [0.15, 0.2) is 6.10 Å². The van der Waals surface area contributed by atoms with Crippen LogP contribution >= 0.6 is 0 Å². The van der Waals surface area contributed by atoms with E-state index < -0.39 is 12.1 Å². The first-order chi connectivity index (χ1) is 9.54. The lowest BCUT2D eigenvalue weighted by Crippen LogP contribution is -2.29. The molecule has 3 heteroatoms. The molecule has 2 aromatic rings. The monoisotopic (exact) mass is 270 g/mol. The smallest absolute Gasteiger partial charge is 0.345 e. The van der Waals surface area contributed by atoms with Gasteiger partial charge in [0.1, 0.15) is 5.75 Å². The van der Waals surface area contributed by atoms with Crippen molar-refractivity contribution in [3.05, 3.63) is 65.2 Å². The number of aliphatic carboxylic acids is 1. The first-order valence-electron chi connectivity index (χ1n) is 6.56. The number of aryl methyl sites for hydroxylation is 2. The quantitative estimate of drug-likeness (QED) is 0.906. The van der Waals surface area contributed by atoms with Crippen LogP contribution in [0.3, 0.4) is 0 Å². The number of hydrogen-bond acceptors (Lipinski definition) is 2. The Kier molecular flexibility index (Phi) is 4.41. The van der Waals surface area contributed by atoms with Gasteiger partial charge < -0.3 is 9.84 Å². The maximum atomic E-state index is 11.3. The maximum absolute atomic E-state index is 11.3. The number of carbonyl (C=O) groups is 1. The van der Waals surface area contributed by atoms with E-state index in [0.29, 0.717) is 12.2 Å². The number of hydrogen-bond donors (Lipinski definition) is 1. The molecule has 104 valence electrons. The number of rotatable bonds is 5. The van der Waals surface area contributed by atoms with Crippen LogP contribution in [0, 0.1) is 13.8 Å². The summed E-state index contributed by atoms with van der Waals surface area (Å²) in [4.78, 5) is 11.3. The molecule has 0 heterocycles. The van der Waals surface area contributed by atoms with Crippen molar-refractivity contribution < 1.29 is 14.6 Å². The predicted octanol–water partition coefficient (Wildman–Crippen LogP) is 3.38. The lowest BCUT2D eigenvalue weighted by molar-refractivity contribution is -0.145. The van der Waals surface area contributed by atoms with Gasteiger partial charge in [-0.25, -0.2) is 4.79 Å². The Morgan fingerprint density at radius 2 is 1.80 bits per heavy atom. The van der Waals surface area contributed by atoms with Crippen molar-refractivity contribution in [3.8, 4) is 5.75 Å². The van der Waals surface area contributed by atoms with E-state index in [9.17, 15) is 9.90 Å². The van der Waals surface area contributed by atoms with Crippen LogP contribution in [0.1, 0.15) is 16.7 Å². The van der Waals surface area contributed by atoms with Gasteiger partial charge in [0, 0.05) is 6.42 Å². The van der Waals surface area contributed by atoms with Crippen molar-refractivity contribution in [1.82, 2.24) is 0 Å². The van der Waals surface area contributed by atoms with Crippen molar-refractivity contribution in [2.75, 3.05) is 0 Å². The topological polar surface area (TPSA) is 46.5 Å². The van der Waals surface area contributed by atoms with E-state index in [4.69, 9.17) is 4.74 Å². The van der Waals surface area contributed by atoms with Crippen molar-refractivity contribution in [3.63, 3.8) is 0 Å². The Balaban J connectivity index is 2.11. The molecule has 1 atom stereocenters. The zero-order valence-corrected chi connectivity index (χ0v) is 11.7. The van der Waals surface area contributed by atoms with Crippen molar-refractivity contribution in [1.29, 1.82) is 0 Å². The van der Waals surface area contributed by atoms with Crippen LogP contribution in [0.15, 0.2) is 48.5 Å². The molecule has 0 saturated carbocycles. The lowest BCUT2D eigenvalue weighted by atomic mass is 10.1. The SMILES string of the molecule is Cc1ccc(CC(Oc2cccc(C)c2)C(=O)O)cc1. The summed E-state index contributed by atoms with van der Waals surface area (Å²) < 4.78 is 5.59. The third-order valence-corrected chi connectivity index (χ3v) is 3.09. The van der Waals surface area contributed by atoms with Crippen LogP contribution in [-0.2, 0) is 11.2 Å². The van der Waals surface area contributed by atoms with Crippen LogP contribution in [-0.4, -0.2) is 17.2 Å². The van der Waals surface area contributed by atoms with Gasteiger partial charge in [0.2, 0.25) is 0 Å². The Morgan fingerprint density at radius 1 is 1.10 bits per heavy atom. The summed E-state index contributed by atoms with van der Waals surface area (Å²) in [6, 6.07) is 15.2. The van der Waals surface area contributed by atoms with Crippen LogP contribution in [0.2, 0.25) is 0 Å². The van der Waals surface area contributed by atoms with Gasteiger partial charge in [-0.15, -0.1) is 0 Å². The van der Waals surface area contributed by atoms with Gasteiger partial charge >= 0.3 is 5.97 Å². The van der Waals surface area contributed by atoms with Gasteiger partial charge in [0.05, 0.1) is 0 Å². The fourth-order valence-electron chi connectivity index (χ4n) is 1.97. The average Bonchev–Trinajstić information content (AvgIpc) is 2.40. The standard InChI is InChI=1S/C17H18O3/c1-12-6-8-14(9-7-12)11-16(17(18)19)20-15-5-3-4-13(2)10-15/h3-10,16H,11H2,1-2H3,(H,18,19). The van der Waals surface area contributed by atoms with Crippen molar-refractivity contribution in [2.24, 2.45) is 0 Å². The minimum absolute atomic E-state index is 0.351. The Labute approximate surface area is 118 Å². The van der Waals surface area contributed by atoms with Gasteiger partial charge in [-0.2, -0.15) is 0 Å². The van der Waals surface area contributed by atoms with Crippen LogP contribution in [0.4, 0.5) is 0 Å². The molecular weight excluding hydrogens is 252 g/mol. The summed E-state index contributed by atoms with van der Waals surface area (Å²) in [6.45, 7) is 3.95. The molecule has 2 rings (SSSR count). The van der Waals surface area contributed by atoms with E-state index in [1.807, 2.05) is 56.3 Å². The van der Waals surface area contributed by atoms with E-state index >= 15 is 0 Å². The summed E-state index contributed by atoms with van der Waals surface area (Å²) >= 11 is 0. The maximum Gasteiger partial charge on any atom is 0.345 e. The van der Waals surface area contributed by atoms with E-state index in [0.717, 1.165) is 16.7 Å². The summed E-state index contributed by atoms with van der Waals surface area (Å²) in [7, 11) is 0. The second-order valence-corrected chi connectivity index (χ2v) is 4.95. The van der Waals surface area contributed by atoms with Crippen molar-refractivity contribution in [2.45, 2.75) is 26.4 Å². The summed E-state index contributed by atoms with van der Waals surface area (Å²) in [5.41, 5.74) is 3.15. The van der Waals surface area contributed by atoms with E-state index in [2.05, 4.69) is 0 Å². The van der Waals surface area contributed by atoms with Gasteiger partial charge in [-0.1, -0.05) is 42.0 Å². The van der Waals surface area contributed by atoms with Gasteiger partial charge in [-0.3, -0.25) is 0 Å². The molecule has 1 N–H and O–H groups in total. The number of carboxylic acid groups (broad SMARTS) is 1. The highest BCUT2D eigenvalue weighted by molar-refractivity contribution is 5.73. The minimum Gasteiger partial charge on any atom is -0.478 e. The zero-order chi connectivity index (χ0) is 14.5. The largest absolute Gasteiger partial charge is 0.478 e. The normalized spacial score (nSPS) is 11.9. The van der Waals surface area contributed by atoms with Crippen LogP contribution in [0.25, 0.3) is 0 Å². The van der Waals surface area contributed by atoms with Crippen LogP contribution in [0.5, 0.6) is 5.75 Å². The molecule has 0 aromatic heterocycles. The van der Waals surface area contributed by atoms with Gasteiger partial charge in [0.25, 0.3) is 0 Å². The molecule has 0 saturated heterocycles. The lowest BCUT2D eigenvalue weighted by Gasteiger charge is -2.15. The zero-order valence-electron chi connectivity index (χ0n) is 11.7. The Morgan fingerprint density at radius 3 is 2.40 bits per heavy atom. The fourth-order valence-corrected chi connectivity index (χ4v) is 1.97. The summed E-state index contributed by atoms with van der Waals surface area (Å²) in [5.74, 6) is -0.364. The second kappa shape index (κ2) is 6.24. The molecule has 1 unspecified atom stereocenters. The molecule has 0 amide bonds. The highest BCUT2D eigenvalue weighted by Crippen LogP contribution is 2.16. The number of benzene rings is 2. The molecule has 20 heavy (non-hydrogen) atoms. The molecule has 0 fully saturated rings. The molecule has 2 aromatic carbocycles. The molecule has 0 aliphatic rings. The molecule has 0 aliphatic carbocycles. The average molecular weight is 270 g/mol. The Hall–Kier alpha value is -2.29. The van der Waals surface area contributed by atoms with Crippen molar-refractivity contribution >= 4 is 5.97 Å². The predicted molar refractivity (Wildman–Crippen MR) is 78.1 cm³/mol. The highest BCUT2D eigenvalue weighted by atomic mass is 16.5. The molecular formula is C17H18O3. The molecule has 0 radical (unpaired) electrons. The first kappa shape index (κ1) is 14.1. The van der Waals surface area contributed by atoms with E-state index in [-0.39, 0.29) is 0 Å². The van der Waals surface area contributed by atoms with E-state index in [1.54, 1.807) is 6.07 Å². The molecule has 0 bridgehead atoms. The molecule has 0 aliphatic heterocycles. The first-order valence-corrected chi connectivity index (χ1v) is 6.56. The number of carboxylic acids is 1. The summed E-state index contributed by atoms with van der Waals surface area (Å²) in [6.07, 6.45) is -0.525. The number of ether oxygens (including phenoxy) is 1. The van der Waals surface area contributed by atoms with Crippen LogP contribution < -0.4 is 4.74 Å². The van der Waals surface area contributed by atoms with Gasteiger partial charge in [-0.05, 0) is 37.1 Å². The highest BCUT2D eigenvalue weighted by Gasteiger charge is 2.20. The Bertz CT molecular complexity index is 587. The van der Waals surface area contributed by atoms with E-state index in [1.165, 1.54) is 0 Å². The third-order valence-electron chi connectivity index (χ3n) is 3.09. The fraction of sp³-hybridized carbons (Fsp3) is 0.235. The molecule has 3 nitrogen and oxygen atoms in total. The minimum atomic E-state index is -0.952. The third kappa shape index (κ3) is 3.85. The summed E-state index contributed by atoms with van der Waals surface area (Å²) in [5, 5.41) is 9.29.